The van der Waals surface area contributed by atoms with Gasteiger partial charge in [0, 0.05) is 5.56 Å². The van der Waals surface area contributed by atoms with Gasteiger partial charge < -0.3 is 9.53 Å². The lowest BCUT2D eigenvalue weighted by Gasteiger charge is -2.43. The number of halogens is 2. The van der Waals surface area contributed by atoms with E-state index in [9.17, 15) is 9.50 Å². The van der Waals surface area contributed by atoms with Crippen LogP contribution in [0, 0.1) is 5.82 Å². The first-order chi connectivity index (χ1) is 13.7. The van der Waals surface area contributed by atoms with Crippen molar-refractivity contribution >= 4 is 30.3 Å². The van der Waals surface area contributed by atoms with Crippen LogP contribution in [-0.4, -0.2) is 13.4 Å². The molecule has 0 spiro atoms. The Morgan fingerprint density at radius 3 is 1.79 bits per heavy atom. The molecule has 1 unspecified atom stereocenters. The van der Waals surface area contributed by atoms with Gasteiger partial charge in [-0.3, -0.25) is 0 Å². The summed E-state index contributed by atoms with van der Waals surface area (Å²) in [5.41, 5.74) is 0.445. The fraction of sp³-hybridized carbons (Fsp3) is 0.250. The Balaban J connectivity index is 2.33. The molecule has 0 saturated heterocycles. The van der Waals surface area contributed by atoms with Gasteiger partial charge in [-0.15, -0.1) is 0 Å². The van der Waals surface area contributed by atoms with Crippen LogP contribution in [0.15, 0.2) is 72.8 Å². The van der Waals surface area contributed by atoms with Crippen LogP contribution >= 0.6 is 11.6 Å². The molecule has 1 atom stereocenters. The molecule has 152 valence electrons. The van der Waals surface area contributed by atoms with Crippen molar-refractivity contribution in [1.82, 2.24) is 0 Å². The minimum Gasteiger partial charge on any atom is -0.531 e. The summed E-state index contributed by atoms with van der Waals surface area (Å²) in [4.78, 5) is 0. The normalized spacial score (nSPS) is 13.2. The van der Waals surface area contributed by atoms with Crippen LogP contribution in [-0.2, 0) is 0 Å². The Kier molecular flexibility index (Phi) is 6.18. The van der Waals surface area contributed by atoms with E-state index < -0.39 is 20.2 Å². The Morgan fingerprint density at radius 1 is 0.897 bits per heavy atom. The Labute approximate surface area is 178 Å². The van der Waals surface area contributed by atoms with Crippen LogP contribution in [0.4, 0.5) is 4.39 Å². The Bertz CT molecular complexity index is 930. The van der Waals surface area contributed by atoms with E-state index in [1.807, 2.05) is 60.7 Å². The first-order valence-corrected chi connectivity index (χ1v) is 11.9. The van der Waals surface area contributed by atoms with Crippen molar-refractivity contribution in [3.63, 3.8) is 0 Å². The predicted molar refractivity (Wildman–Crippen MR) is 120 cm³/mol. The van der Waals surface area contributed by atoms with Crippen LogP contribution in [0.1, 0.15) is 39.4 Å². The molecule has 0 saturated carbocycles. The highest BCUT2D eigenvalue weighted by Gasteiger charge is 2.52. The van der Waals surface area contributed by atoms with E-state index in [1.54, 1.807) is 6.92 Å². The van der Waals surface area contributed by atoms with E-state index in [-0.39, 0.29) is 15.8 Å². The molecular formula is C24H26ClFO2Si. The van der Waals surface area contributed by atoms with E-state index in [1.165, 1.54) is 12.1 Å². The van der Waals surface area contributed by atoms with Gasteiger partial charge in [0.25, 0.3) is 0 Å². The summed E-state index contributed by atoms with van der Waals surface area (Å²) >= 11 is 6.54. The van der Waals surface area contributed by atoms with Crippen LogP contribution in [0.3, 0.4) is 0 Å². The van der Waals surface area contributed by atoms with Crippen LogP contribution < -0.4 is 14.8 Å². The van der Waals surface area contributed by atoms with Crippen molar-refractivity contribution in [2.45, 2.75) is 38.8 Å². The fourth-order valence-corrected chi connectivity index (χ4v) is 8.62. The highest BCUT2D eigenvalue weighted by Crippen LogP contribution is 2.42. The summed E-state index contributed by atoms with van der Waals surface area (Å²) < 4.78 is 21.7. The third-order valence-corrected chi connectivity index (χ3v) is 10.5. The molecule has 1 N–H and O–H groups in total. The second kappa shape index (κ2) is 8.31. The molecule has 0 aliphatic carbocycles. The van der Waals surface area contributed by atoms with E-state index in [2.05, 4.69) is 20.8 Å². The van der Waals surface area contributed by atoms with Crippen molar-refractivity contribution in [2.75, 3.05) is 0 Å². The molecule has 2 nitrogen and oxygen atoms in total. The number of hydrogen-bond donors (Lipinski definition) is 1. The summed E-state index contributed by atoms with van der Waals surface area (Å²) in [6, 6.07) is 22.8. The highest BCUT2D eigenvalue weighted by atomic mass is 35.5. The lowest BCUT2D eigenvalue weighted by molar-refractivity contribution is 0.199. The smallest absolute Gasteiger partial charge is 0.320 e. The number of benzene rings is 3. The molecule has 29 heavy (non-hydrogen) atoms. The SMILES string of the molecule is CC(O)c1ccc(F)c(O[Si](c2ccccc2)(c2ccccc2)C(C)(C)C)c1Cl. The van der Waals surface area contributed by atoms with Gasteiger partial charge in [-0.25, -0.2) is 4.39 Å². The van der Waals surface area contributed by atoms with Gasteiger partial charge in [0.2, 0.25) is 0 Å². The maximum atomic E-state index is 15.0. The molecule has 0 aromatic heterocycles. The number of rotatable bonds is 5. The predicted octanol–water partition coefficient (Wildman–Crippen LogP) is 5.47. The molecule has 3 rings (SSSR count). The van der Waals surface area contributed by atoms with Crippen molar-refractivity contribution < 1.29 is 13.9 Å². The summed E-state index contributed by atoms with van der Waals surface area (Å²) in [5, 5.41) is 11.9. The number of aliphatic hydroxyl groups is 1. The summed E-state index contributed by atoms with van der Waals surface area (Å²) in [5.74, 6) is -0.535. The average Bonchev–Trinajstić information content (AvgIpc) is 2.68. The van der Waals surface area contributed by atoms with E-state index in [0.29, 0.717) is 5.56 Å². The summed E-state index contributed by atoms with van der Waals surface area (Å²) in [6.45, 7) is 7.95. The monoisotopic (exact) mass is 428 g/mol. The second-order valence-electron chi connectivity index (χ2n) is 8.22. The molecule has 0 aliphatic rings. The van der Waals surface area contributed by atoms with Crippen molar-refractivity contribution in [1.29, 1.82) is 0 Å². The van der Waals surface area contributed by atoms with Crippen LogP contribution in [0.25, 0.3) is 0 Å². The molecule has 0 heterocycles. The third-order valence-electron chi connectivity index (χ3n) is 5.20. The Morgan fingerprint density at radius 2 is 1.38 bits per heavy atom. The molecule has 5 heteroatoms. The van der Waals surface area contributed by atoms with Gasteiger partial charge in [-0.05, 0) is 28.4 Å². The van der Waals surface area contributed by atoms with Crippen LogP contribution in [0.2, 0.25) is 10.1 Å². The van der Waals surface area contributed by atoms with Crippen molar-refractivity contribution in [3.05, 3.63) is 89.2 Å². The first kappa shape index (κ1) is 21.6. The average molecular weight is 429 g/mol. The Hall–Kier alpha value is -2.14. The van der Waals surface area contributed by atoms with Gasteiger partial charge in [0.05, 0.1) is 11.1 Å². The van der Waals surface area contributed by atoms with Gasteiger partial charge >= 0.3 is 8.32 Å². The minimum atomic E-state index is -3.02. The molecule has 0 fully saturated rings. The summed E-state index contributed by atoms with van der Waals surface area (Å²) in [6.07, 6.45) is -0.829. The van der Waals surface area contributed by atoms with Gasteiger partial charge in [0.15, 0.2) is 11.6 Å². The van der Waals surface area contributed by atoms with E-state index >= 15 is 0 Å². The third kappa shape index (κ3) is 3.97. The zero-order valence-electron chi connectivity index (χ0n) is 17.1. The quantitative estimate of drug-likeness (QED) is 0.546. The number of aliphatic hydroxyl groups excluding tert-OH is 1. The molecule has 3 aromatic rings. The van der Waals surface area contributed by atoms with E-state index in [4.69, 9.17) is 16.0 Å². The zero-order chi connectivity index (χ0) is 21.2. The number of hydrogen-bond acceptors (Lipinski definition) is 2. The first-order valence-electron chi connectivity index (χ1n) is 9.64. The lowest BCUT2D eigenvalue weighted by atomic mass is 10.1. The van der Waals surface area contributed by atoms with Gasteiger partial charge in [0.1, 0.15) is 0 Å². The van der Waals surface area contributed by atoms with Gasteiger partial charge in [-0.1, -0.05) is 99.1 Å². The molecular weight excluding hydrogens is 403 g/mol. The standard InChI is InChI=1S/C24H26ClFO2Si/c1-17(27)20-15-16-21(26)23(22(20)25)28-29(24(2,3)4,18-11-7-5-8-12-18)19-13-9-6-10-14-19/h5-17,27H,1-4H3. The molecule has 0 aliphatic heterocycles. The molecule has 0 radical (unpaired) electrons. The molecule has 0 amide bonds. The van der Waals surface area contributed by atoms with Crippen LogP contribution in [0.5, 0.6) is 5.75 Å². The fourth-order valence-electron chi connectivity index (χ4n) is 3.77. The lowest BCUT2D eigenvalue weighted by Crippen LogP contribution is -2.69. The van der Waals surface area contributed by atoms with E-state index in [0.717, 1.165) is 10.4 Å². The largest absolute Gasteiger partial charge is 0.531 e. The minimum absolute atomic E-state index is 0.000588. The zero-order valence-corrected chi connectivity index (χ0v) is 18.9. The topological polar surface area (TPSA) is 29.5 Å². The highest BCUT2D eigenvalue weighted by molar-refractivity contribution is 7.00. The van der Waals surface area contributed by atoms with Crippen molar-refractivity contribution in [3.8, 4) is 5.75 Å². The van der Waals surface area contributed by atoms with Crippen molar-refractivity contribution in [2.24, 2.45) is 0 Å². The summed E-state index contributed by atoms with van der Waals surface area (Å²) in [7, 11) is -3.02. The maximum Gasteiger partial charge on any atom is 0.320 e. The van der Waals surface area contributed by atoms with Gasteiger partial charge in [-0.2, -0.15) is 0 Å². The molecule has 0 bridgehead atoms. The maximum absolute atomic E-state index is 15.0. The second-order valence-corrected chi connectivity index (χ2v) is 12.8. The molecule has 3 aromatic carbocycles.